The molecule has 0 bridgehead atoms. The number of likely N-dealkylation sites (N-methyl/N-ethyl adjacent to an activating group) is 1. The Labute approximate surface area is 132 Å². The summed E-state index contributed by atoms with van der Waals surface area (Å²) in [6, 6.07) is 16.7. The van der Waals surface area contributed by atoms with E-state index in [4.69, 9.17) is 0 Å². The molecule has 112 valence electrons. The Morgan fingerprint density at radius 1 is 0.955 bits per heavy atom. The van der Waals surface area contributed by atoms with Crippen molar-refractivity contribution in [3.8, 4) is 11.1 Å². The quantitative estimate of drug-likeness (QED) is 0.732. The van der Waals surface area contributed by atoms with Gasteiger partial charge in [-0.3, -0.25) is 0 Å². The van der Waals surface area contributed by atoms with E-state index in [1.807, 2.05) is 0 Å². The summed E-state index contributed by atoms with van der Waals surface area (Å²) in [7, 11) is 2.27. The molecule has 2 aromatic rings. The summed E-state index contributed by atoms with van der Waals surface area (Å²) < 4.78 is 0. The van der Waals surface area contributed by atoms with E-state index in [2.05, 4.69) is 59.3 Å². The standard InChI is InChI=1S/C20H22N2/c1-21-11-10-19-18(13-21)17-8-4-7-16-15-6-3-2-5-14(15)9-12-22(19)20(16)17/h2-8,18-19H,9-13H2,1H3/t18-,19-/m0/s1. The van der Waals surface area contributed by atoms with Crippen LogP contribution in [0.2, 0.25) is 0 Å². The van der Waals surface area contributed by atoms with Gasteiger partial charge in [0.05, 0.1) is 0 Å². The average molecular weight is 290 g/mol. The summed E-state index contributed by atoms with van der Waals surface area (Å²) in [6.45, 7) is 3.61. The molecule has 3 heterocycles. The van der Waals surface area contributed by atoms with Gasteiger partial charge in [-0.25, -0.2) is 0 Å². The number of fused-ring (bicyclic) bond motifs is 5. The van der Waals surface area contributed by atoms with Crippen LogP contribution in [0.5, 0.6) is 0 Å². The van der Waals surface area contributed by atoms with Gasteiger partial charge in [0, 0.05) is 36.3 Å². The Morgan fingerprint density at radius 3 is 2.77 bits per heavy atom. The van der Waals surface area contributed by atoms with E-state index in [0.717, 1.165) is 0 Å². The molecule has 2 aromatic carbocycles. The van der Waals surface area contributed by atoms with Crippen LogP contribution in [0.1, 0.15) is 23.5 Å². The number of hydrogen-bond donors (Lipinski definition) is 0. The molecule has 2 nitrogen and oxygen atoms in total. The molecular formula is C20H22N2. The normalized spacial score (nSPS) is 26.1. The second-order valence-electron chi connectivity index (χ2n) is 7.07. The smallest absolute Gasteiger partial charge is 0.0485 e. The topological polar surface area (TPSA) is 6.48 Å². The number of nitrogens with zero attached hydrogens (tertiary/aromatic N) is 2. The minimum absolute atomic E-state index is 0.693. The van der Waals surface area contributed by atoms with Crippen molar-refractivity contribution in [2.75, 3.05) is 31.6 Å². The Bertz CT molecular complexity index is 736. The molecule has 0 aromatic heterocycles. The molecule has 0 saturated carbocycles. The fourth-order valence-corrected chi connectivity index (χ4v) is 4.87. The molecule has 1 saturated heterocycles. The van der Waals surface area contributed by atoms with Gasteiger partial charge >= 0.3 is 0 Å². The lowest BCUT2D eigenvalue weighted by molar-refractivity contribution is 0.231. The number of benzene rings is 2. The van der Waals surface area contributed by atoms with E-state index in [0.29, 0.717) is 12.0 Å². The van der Waals surface area contributed by atoms with Gasteiger partial charge in [0.15, 0.2) is 0 Å². The van der Waals surface area contributed by atoms with Crippen molar-refractivity contribution in [1.82, 2.24) is 4.90 Å². The minimum Gasteiger partial charge on any atom is -0.367 e. The molecule has 22 heavy (non-hydrogen) atoms. The van der Waals surface area contributed by atoms with Crippen LogP contribution in [0.15, 0.2) is 42.5 Å². The van der Waals surface area contributed by atoms with Crippen molar-refractivity contribution in [1.29, 1.82) is 0 Å². The second kappa shape index (κ2) is 4.60. The number of piperidine rings is 1. The number of likely N-dealkylation sites (tertiary alicyclic amines) is 1. The van der Waals surface area contributed by atoms with E-state index in [1.54, 1.807) is 5.56 Å². The summed E-state index contributed by atoms with van der Waals surface area (Å²) in [4.78, 5) is 5.24. The lowest BCUT2D eigenvalue weighted by Crippen LogP contribution is -2.45. The van der Waals surface area contributed by atoms with E-state index in [1.165, 1.54) is 54.9 Å². The Kier molecular flexibility index (Phi) is 2.66. The van der Waals surface area contributed by atoms with E-state index in [9.17, 15) is 0 Å². The maximum atomic E-state index is 2.74. The molecule has 0 spiro atoms. The number of anilines is 1. The van der Waals surface area contributed by atoms with Gasteiger partial charge in [-0.15, -0.1) is 0 Å². The summed E-state index contributed by atoms with van der Waals surface area (Å²) in [5.41, 5.74) is 7.55. The van der Waals surface area contributed by atoms with Crippen molar-refractivity contribution < 1.29 is 0 Å². The first-order valence-electron chi connectivity index (χ1n) is 8.49. The average Bonchev–Trinajstić information content (AvgIpc) is 2.75. The molecule has 1 fully saturated rings. The molecule has 0 aliphatic carbocycles. The molecule has 2 atom stereocenters. The molecular weight excluding hydrogens is 268 g/mol. The van der Waals surface area contributed by atoms with Gasteiger partial charge in [-0.1, -0.05) is 42.5 Å². The minimum atomic E-state index is 0.693. The zero-order valence-corrected chi connectivity index (χ0v) is 13.1. The maximum Gasteiger partial charge on any atom is 0.0485 e. The summed E-state index contributed by atoms with van der Waals surface area (Å²) in [5.74, 6) is 0.693. The third-order valence-corrected chi connectivity index (χ3v) is 5.86. The van der Waals surface area contributed by atoms with Gasteiger partial charge in [0.25, 0.3) is 0 Å². The predicted molar refractivity (Wildman–Crippen MR) is 91.6 cm³/mol. The largest absolute Gasteiger partial charge is 0.367 e. The summed E-state index contributed by atoms with van der Waals surface area (Å²) in [6.07, 6.45) is 2.47. The van der Waals surface area contributed by atoms with Crippen LogP contribution < -0.4 is 4.90 Å². The zero-order chi connectivity index (χ0) is 14.7. The molecule has 2 heteroatoms. The van der Waals surface area contributed by atoms with Gasteiger partial charge in [0.1, 0.15) is 0 Å². The van der Waals surface area contributed by atoms with Crippen molar-refractivity contribution in [2.45, 2.75) is 24.8 Å². The summed E-state index contributed by atoms with van der Waals surface area (Å²) >= 11 is 0. The molecule has 0 unspecified atom stereocenters. The molecule has 5 rings (SSSR count). The number of hydrogen-bond acceptors (Lipinski definition) is 2. The van der Waals surface area contributed by atoms with Crippen molar-refractivity contribution >= 4 is 5.69 Å². The third kappa shape index (κ3) is 1.65. The van der Waals surface area contributed by atoms with Crippen molar-refractivity contribution in [3.63, 3.8) is 0 Å². The van der Waals surface area contributed by atoms with Crippen molar-refractivity contribution in [3.05, 3.63) is 53.6 Å². The van der Waals surface area contributed by atoms with Gasteiger partial charge < -0.3 is 9.80 Å². The van der Waals surface area contributed by atoms with Crippen LogP contribution in [0, 0.1) is 0 Å². The highest BCUT2D eigenvalue weighted by molar-refractivity contribution is 5.86. The summed E-state index contributed by atoms with van der Waals surface area (Å²) in [5, 5.41) is 0. The van der Waals surface area contributed by atoms with E-state index >= 15 is 0 Å². The highest BCUT2D eigenvalue weighted by Crippen LogP contribution is 2.50. The van der Waals surface area contributed by atoms with Crippen LogP contribution in [-0.4, -0.2) is 37.6 Å². The fraction of sp³-hybridized carbons (Fsp3) is 0.400. The maximum absolute atomic E-state index is 2.74. The second-order valence-corrected chi connectivity index (χ2v) is 7.07. The van der Waals surface area contributed by atoms with Gasteiger partial charge in [-0.2, -0.15) is 0 Å². The molecule has 0 N–H and O–H groups in total. The van der Waals surface area contributed by atoms with Crippen LogP contribution >= 0.6 is 0 Å². The van der Waals surface area contributed by atoms with Gasteiger partial charge in [-0.05, 0) is 43.1 Å². The lowest BCUT2D eigenvalue weighted by Gasteiger charge is -2.37. The molecule has 0 amide bonds. The van der Waals surface area contributed by atoms with E-state index in [-0.39, 0.29) is 0 Å². The number of para-hydroxylation sites is 1. The van der Waals surface area contributed by atoms with Crippen LogP contribution in [-0.2, 0) is 6.42 Å². The Hall–Kier alpha value is -1.80. The lowest BCUT2D eigenvalue weighted by atomic mass is 9.87. The first-order valence-corrected chi connectivity index (χ1v) is 8.49. The Morgan fingerprint density at radius 2 is 1.82 bits per heavy atom. The van der Waals surface area contributed by atoms with Crippen LogP contribution in [0.25, 0.3) is 11.1 Å². The van der Waals surface area contributed by atoms with Crippen molar-refractivity contribution in [2.24, 2.45) is 0 Å². The highest BCUT2D eigenvalue weighted by atomic mass is 15.2. The highest BCUT2D eigenvalue weighted by Gasteiger charge is 2.42. The van der Waals surface area contributed by atoms with E-state index < -0.39 is 0 Å². The predicted octanol–water partition coefficient (Wildman–Crippen LogP) is 3.52. The molecule has 3 aliphatic rings. The Balaban J connectivity index is 1.74. The zero-order valence-electron chi connectivity index (χ0n) is 13.1. The molecule has 0 radical (unpaired) electrons. The van der Waals surface area contributed by atoms with Crippen LogP contribution in [0.3, 0.4) is 0 Å². The monoisotopic (exact) mass is 290 g/mol. The molecule has 3 aliphatic heterocycles. The fourth-order valence-electron chi connectivity index (χ4n) is 4.87. The van der Waals surface area contributed by atoms with Gasteiger partial charge in [0.2, 0.25) is 0 Å². The number of rotatable bonds is 0. The first kappa shape index (κ1) is 12.7. The third-order valence-electron chi connectivity index (χ3n) is 5.86. The van der Waals surface area contributed by atoms with Crippen LogP contribution in [0.4, 0.5) is 5.69 Å². The first-order chi connectivity index (χ1) is 10.8. The SMILES string of the molecule is CN1CC[C@H]2[C@@H](C1)c1cccc3c1N2CCc1ccccc1-3.